The molecule has 2 aromatic rings. The van der Waals surface area contributed by atoms with Crippen LogP contribution in [0.5, 0.6) is 0 Å². The van der Waals surface area contributed by atoms with E-state index in [9.17, 15) is 4.79 Å². The smallest absolute Gasteiger partial charge is 0.230 e. The summed E-state index contributed by atoms with van der Waals surface area (Å²) in [6, 6.07) is 13.2. The van der Waals surface area contributed by atoms with Gasteiger partial charge in [-0.25, -0.2) is 0 Å². The number of amides is 1. The van der Waals surface area contributed by atoms with Gasteiger partial charge in [-0.15, -0.1) is 0 Å². The maximum atomic E-state index is 12.0. The number of aliphatic imine (C=N–C) groups is 1. The van der Waals surface area contributed by atoms with Gasteiger partial charge in [0.1, 0.15) is 0 Å². The van der Waals surface area contributed by atoms with E-state index in [4.69, 9.17) is 11.6 Å². The first-order valence-electron chi connectivity index (χ1n) is 6.36. The minimum Gasteiger partial charge on any atom is -0.324 e. The molecule has 100 valence electrons. The van der Waals surface area contributed by atoms with Gasteiger partial charge in [-0.2, -0.15) is 0 Å². The van der Waals surface area contributed by atoms with Crippen LogP contribution < -0.4 is 5.32 Å². The van der Waals surface area contributed by atoms with Crippen molar-refractivity contribution in [1.82, 2.24) is 0 Å². The second-order valence-corrected chi connectivity index (χ2v) is 5.19. The summed E-state index contributed by atoms with van der Waals surface area (Å²) in [6.45, 7) is 1.98. The van der Waals surface area contributed by atoms with Crippen molar-refractivity contribution in [3.05, 3.63) is 58.6 Å². The number of carbonyl (C=O) groups is 1. The van der Waals surface area contributed by atoms with Crippen LogP contribution in [0.4, 0.5) is 11.4 Å². The molecule has 0 saturated heterocycles. The van der Waals surface area contributed by atoms with Crippen molar-refractivity contribution in [2.75, 3.05) is 5.32 Å². The number of nitrogens with zero attached hydrogens (tertiary/aromatic N) is 1. The molecular formula is C16H13ClN2O. The summed E-state index contributed by atoms with van der Waals surface area (Å²) in [6.07, 6.45) is 0.220. The molecular weight excluding hydrogens is 272 g/mol. The maximum absolute atomic E-state index is 12.0. The molecule has 1 aliphatic heterocycles. The number of anilines is 1. The van der Waals surface area contributed by atoms with Gasteiger partial charge in [0.15, 0.2) is 0 Å². The first kappa shape index (κ1) is 12.9. The van der Waals surface area contributed by atoms with Crippen LogP contribution in [-0.4, -0.2) is 11.6 Å². The molecule has 0 bridgehead atoms. The van der Waals surface area contributed by atoms with E-state index >= 15 is 0 Å². The Labute approximate surface area is 122 Å². The fraction of sp³-hybridized carbons (Fsp3) is 0.125. The Morgan fingerprint density at radius 2 is 2.00 bits per heavy atom. The molecule has 20 heavy (non-hydrogen) atoms. The molecule has 3 nitrogen and oxygen atoms in total. The summed E-state index contributed by atoms with van der Waals surface area (Å²) in [5.74, 6) is -0.0759. The minimum atomic E-state index is -0.0759. The third kappa shape index (κ3) is 2.45. The Balaban J connectivity index is 2.14. The van der Waals surface area contributed by atoms with Gasteiger partial charge in [0.05, 0.1) is 23.5 Å². The number of aryl methyl sites for hydroxylation is 1. The molecule has 0 radical (unpaired) electrons. The molecule has 0 atom stereocenters. The monoisotopic (exact) mass is 284 g/mol. The van der Waals surface area contributed by atoms with Crippen LogP contribution in [0.2, 0.25) is 5.02 Å². The summed E-state index contributed by atoms with van der Waals surface area (Å²) in [5, 5.41) is 3.49. The van der Waals surface area contributed by atoms with Gasteiger partial charge in [0.2, 0.25) is 5.91 Å². The van der Waals surface area contributed by atoms with Crippen LogP contribution in [0.15, 0.2) is 47.5 Å². The van der Waals surface area contributed by atoms with E-state index in [2.05, 4.69) is 10.3 Å². The van der Waals surface area contributed by atoms with Crippen LogP contribution in [0, 0.1) is 6.92 Å². The zero-order valence-electron chi connectivity index (χ0n) is 11.0. The first-order valence-corrected chi connectivity index (χ1v) is 6.74. The summed E-state index contributed by atoms with van der Waals surface area (Å²) < 4.78 is 0. The predicted molar refractivity (Wildman–Crippen MR) is 82.1 cm³/mol. The van der Waals surface area contributed by atoms with E-state index in [1.165, 1.54) is 0 Å². The Kier molecular flexibility index (Phi) is 3.28. The van der Waals surface area contributed by atoms with E-state index in [0.717, 1.165) is 22.5 Å². The lowest BCUT2D eigenvalue weighted by Gasteiger charge is -2.05. The van der Waals surface area contributed by atoms with Crippen LogP contribution in [-0.2, 0) is 4.79 Å². The van der Waals surface area contributed by atoms with Crippen molar-refractivity contribution < 1.29 is 4.79 Å². The van der Waals surface area contributed by atoms with Gasteiger partial charge >= 0.3 is 0 Å². The number of rotatable bonds is 1. The molecule has 1 amide bonds. The number of hydrogen-bond acceptors (Lipinski definition) is 2. The Bertz CT molecular complexity index is 722. The summed E-state index contributed by atoms with van der Waals surface area (Å²) in [5.41, 5.74) is 4.09. The maximum Gasteiger partial charge on any atom is 0.230 e. The van der Waals surface area contributed by atoms with Gasteiger partial charge in [-0.3, -0.25) is 9.79 Å². The number of hydrogen-bond donors (Lipinski definition) is 1. The lowest BCUT2D eigenvalue weighted by molar-refractivity contribution is -0.115. The SMILES string of the molecule is Cc1ccc2c(c1)NC(=O)CC(c1ccccc1Cl)=N2. The van der Waals surface area contributed by atoms with E-state index in [1.807, 2.05) is 43.3 Å². The van der Waals surface area contributed by atoms with Gasteiger partial charge in [-0.05, 0) is 30.7 Å². The lowest BCUT2D eigenvalue weighted by atomic mass is 10.1. The molecule has 3 rings (SSSR count). The highest BCUT2D eigenvalue weighted by molar-refractivity contribution is 6.35. The molecule has 0 unspecified atom stereocenters. The van der Waals surface area contributed by atoms with E-state index < -0.39 is 0 Å². The molecule has 0 aromatic heterocycles. The van der Waals surface area contributed by atoms with Crippen LogP contribution in [0.25, 0.3) is 0 Å². The molecule has 1 heterocycles. The lowest BCUT2D eigenvalue weighted by Crippen LogP contribution is -2.15. The molecule has 0 aliphatic carbocycles. The van der Waals surface area contributed by atoms with Gasteiger partial charge in [0.25, 0.3) is 0 Å². The van der Waals surface area contributed by atoms with Crippen molar-refractivity contribution in [1.29, 1.82) is 0 Å². The second-order valence-electron chi connectivity index (χ2n) is 4.78. The average molecular weight is 285 g/mol. The highest BCUT2D eigenvalue weighted by Gasteiger charge is 2.18. The molecule has 4 heteroatoms. The summed E-state index contributed by atoms with van der Waals surface area (Å²) >= 11 is 6.20. The number of fused-ring (bicyclic) bond motifs is 1. The number of benzene rings is 2. The van der Waals surface area contributed by atoms with Crippen molar-refractivity contribution in [3.8, 4) is 0 Å². The van der Waals surface area contributed by atoms with E-state index in [0.29, 0.717) is 10.7 Å². The predicted octanol–water partition coefficient (Wildman–Crippen LogP) is 4.11. The normalized spacial score (nSPS) is 14.1. The standard InChI is InChI=1S/C16H13ClN2O/c1-10-6-7-13-15(8-10)19-16(20)9-14(18-13)11-4-2-3-5-12(11)17/h2-8H,9H2,1H3,(H,19,20). The Morgan fingerprint density at radius 1 is 1.20 bits per heavy atom. The van der Waals surface area contributed by atoms with Gasteiger partial charge in [0, 0.05) is 10.6 Å². The number of nitrogens with one attached hydrogen (secondary N) is 1. The third-order valence-electron chi connectivity index (χ3n) is 3.19. The largest absolute Gasteiger partial charge is 0.324 e. The Hall–Kier alpha value is -2.13. The Morgan fingerprint density at radius 3 is 2.80 bits per heavy atom. The zero-order valence-corrected chi connectivity index (χ0v) is 11.7. The fourth-order valence-electron chi connectivity index (χ4n) is 2.23. The molecule has 0 fully saturated rings. The highest BCUT2D eigenvalue weighted by atomic mass is 35.5. The molecule has 2 aromatic carbocycles. The zero-order chi connectivity index (χ0) is 14.1. The first-order chi connectivity index (χ1) is 9.63. The second kappa shape index (κ2) is 5.10. The van der Waals surface area contributed by atoms with Crippen molar-refractivity contribution in [3.63, 3.8) is 0 Å². The third-order valence-corrected chi connectivity index (χ3v) is 3.52. The van der Waals surface area contributed by atoms with Crippen LogP contribution >= 0.6 is 11.6 Å². The number of halogens is 1. The molecule has 0 spiro atoms. The van der Waals surface area contributed by atoms with Gasteiger partial charge in [-0.1, -0.05) is 35.9 Å². The van der Waals surface area contributed by atoms with Crippen LogP contribution in [0.1, 0.15) is 17.5 Å². The van der Waals surface area contributed by atoms with Gasteiger partial charge < -0.3 is 5.32 Å². The highest BCUT2D eigenvalue weighted by Crippen LogP contribution is 2.31. The summed E-state index contributed by atoms with van der Waals surface area (Å²) in [7, 11) is 0. The molecule has 1 N–H and O–H groups in total. The van der Waals surface area contributed by atoms with Crippen molar-refractivity contribution in [2.45, 2.75) is 13.3 Å². The quantitative estimate of drug-likeness (QED) is 0.841. The number of carbonyl (C=O) groups excluding carboxylic acids is 1. The fourth-order valence-corrected chi connectivity index (χ4v) is 2.47. The van der Waals surface area contributed by atoms with Crippen LogP contribution in [0.3, 0.4) is 0 Å². The van der Waals surface area contributed by atoms with E-state index in [1.54, 1.807) is 6.07 Å². The van der Waals surface area contributed by atoms with Crippen molar-refractivity contribution >= 4 is 34.6 Å². The molecule has 1 aliphatic rings. The van der Waals surface area contributed by atoms with Crippen molar-refractivity contribution in [2.24, 2.45) is 4.99 Å². The topological polar surface area (TPSA) is 41.5 Å². The van der Waals surface area contributed by atoms with E-state index in [-0.39, 0.29) is 12.3 Å². The summed E-state index contributed by atoms with van der Waals surface area (Å²) in [4.78, 5) is 16.6. The minimum absolute atomic E-state index is 0.0759. The molecule has 0 saturated carbocycles. The average Bonchev–Trinajstić information content (AvgIpc) is 2.56.